The first kappa shape index (κ1) is 12.0. The van der Waals surface area contributed by atoms with E-state index in [1.807, 2.05) is 0 Å². The Morgan fingerprint density at radius 2 is 2.12 bits per heavy atom. The Balaban J connectivity index is 2.49. The highest BCUT2D eigenvalue weighted by Gasteiger charge is 2.22. The van der Waals surface area contributed by atoms with Crippen LogP contribution in [0.1, 0.15) is 18.9 Å². The van der Waals surface area contributed by atoms with Gasteiger partial charge in [0.1, 0.15) is 0 Å². The molecule has 5 heteroatoms. The van der Waals surface area contributed by atoms with Crippen LogP contribution in [0.2, 0.25) is 0 Å². The highest BCUT2D eigenvalue weighted by Crippen LogP contribution is 2.41. The quantitative estimate of drug-likeness (QED) is 0.827. The third-order valence-corrected chi connectivity index (χ3v) is 2.56. The van der Waals surface area contributed by atoms with E-state index < -0.39 is 17.7 Å². The van der Waals surface area contributed by atoms with Crippen molar-refractivity contribution >= 4 is 0 Å². The van der Waals surface area contributed by atoms with Crippen molar-refractivity contribution in [3.8, 4) is 17.2 Å². The molecule has 0 fully saturated rings. The van der Waals surface area contributed by atoms with E-state index >= 15 is 0 Å². The van der Waals surface area contributed by atoms with E-state index in [0.717, 1.165) is 6.07 Å². The summed E-state index contributed by atoms with van der Waals surface area (Å²) in [5.41, 5.74) is 0.261. The Labute approximate surface area is 98.6 Å². The van der Waals surface area contributed by atoms with Crippen LogP contribution in [-0.4, -0.2) is 29.5 Å². The molecule has 1 unspecified atom stereocenters. The molecule has 0 saturated carbocycles. The van der Waals surface area contributed by atoms with Crippen molar-refractivity contribution in [2.75, 3.05) is 13.2 Å². The van der Waals surface area contributed by atoms with Crippen LogP contribution in [0, 0.1) is 5.82 Å². The highest BCUT2D eigenvalue weighted by molar-refractivity contribution is 5.54. The summed E-state index contributed by atoms with van der Waals surface area (Å²) in [6.45, 7) is 2.46. The molecule has 1 aromatic rings. The molecular formula is C12H15FO4. The van der Waals surface area contributed by atoms with Crippen molar-refractivity contribution in [3.05, 3.63) is 17.4 Å². The van der Waals surface area contributed by atoms with Gasteiger partial charge in [-0.15, -0.1) is 0 Å². The number of hydrogen-bond donors (Lipinski definition) is 2. The maximum Gasteiger partial charge on any atom is 0.169 e. The fourth-order valence-corrected chi connectivity index (χ4v) is 1.81. The molecule has 0 amide bonds. The summed E-state index contributed by atoms with van der Waals surface area (Å²) in [5, 5.41) is 19.0. The average Bonchev–Trinajstić information content (AvgIpc) is 2.49. The number of ether oxygens (including phenoxy) is 2. The fraction of sp³-hybridized carbons (Fsp3) is 0.500. The number of halogens is 1. The summed E-state index contributed by atoms with van der Waals surface area (Å²) in [4.78, 5) is 0. The number of aromatic hydroxyl groups is 1. The third-order valence-electron chi connectivity index (χ3n) is 2.56. The van der Waals surface area contributed by atoms with Gasteiger partial charge in [0, 0.05) is 24.5 Å². The van der Waals surface area contributed by atoms with Gasteiger partial charge < -0.3 is 19.7 Å². The van der Waals surface area contributed by atoms with Crippen LogP contribution in [0.15, 0.2) is 6.07 Å². The number of hydrogen-bond acceptors (Lipinski definition) is 4. The molecule has 0 spiro atoms. The average molecular weight is 242 g/mol. The van der Waals surface area contributed by atoms with Gasteiger partial charge in [0.05, 0.1) is 19.3 Å². The zero-order valence-electron chi connectivity index (χ0n) is 9.57. The molecule has 2 N–H and O–H groups in total. The number of rotatable bonds is 2. The predicted molar refractivity (Wildman–Crippen MR) is 59.1 cm³/mol. The second-order valence-corrected chi connectivity index (χ2v) is 4.12. The zero-order chi connectivity index (χ0) is 12.4. The lowest BCUT2D eigenvalue weighted by Crippen LogP contribution is -2.08. The minimum absolute atomic E-state index is 0.120. The monoisotopic (exact) mass is 242 g/mol. The van der Waals surface area contributed by atoms with Crippen LogP contribution in [0.4, 0.5) is 4.39 Å². The van der Waals surface area contributed by atoms with Gasteiger partial charge in [-0.2, -0.15) is 0 Å². The van der Waals surface area contributed by atoms with Crippen molar-refractivity contribution in [1.82, 2.24) is 0 Å². The van der Waals surface area contributed by atoms with E-state index in [-0.39, 0.29) is 17.7 Å². The van der Waals surface area contributed by atoms with Crippen LogP contribution >= 0.6 is 0 Å². The SMILES string of the molecule is CC(O)Cc1c(O)c(F)cc2c1OCCCO2. The lowest BCUT2D eigenvalue weighted by atomic mass is 10.1. The summed E-state index contributed by atoms with van der Waals surface area (Å²) in [6, 6.07) is 1.11. The van der Waals surface area contributed by atoms with Crippen molar-refractivity contribution in [2.45, 2.75) is 25.9 Å². The first-order chi connectivity index (χ1) is 8.09. The number of phenolic OH excluding ortho intramolecular Hbond substituents is 1. The Kier molecular flexibility index (Phi) is 3.38. The zero-order valence-corrected chi connectivity index (χ0v) is 9.57. The molecule has 1 aliphatic rings. The Hall–Kier alpha value is -1.49. The van der Waals surface area contributed by atoms with E-state index in [9.17, 15) is 14.6 Å². The number of aliphatic hydroxyl groups excluding tert-OH is 1. The molecule has 4 nitrogen and oxygen atoms in total. The normalized spacial score (nSPS) is 16.4. The molecule has 0 aromatic heterocycles. The molecule has 17 heavy (non-hydrogen) atoms. The summed E-state index contributed by atoms with van der Waals surface area (Å²) < 4.78 is 24.3. The maximum absolute atomic E-state index is 13.5. The second kappa shape index (κ2) is 4.79. The number of benzene rings is 1. The summed E-state index contributed by atoms with van der Waals surface area (Å²) in [7, 11) is 0. The fourth-order valence-electron chi connectivity index (χ4n) is 1.81. The van der Waals surface area contributed by atoms with Gasteiger partial charge in [0.2, 0.25) is 0 Å². The molecule has 0 bridgehead atoms. The maximum atomic E-state index is 13.5. The first-order valence-corrected chi connectivity index (χ1v) is 5.57. The predicted octanol–water partition coefficient (Wildman–Crippen LogP) is 1.62. The molecule has 1 heterocycles. The van der Waals surface area contributed by atoms with E-state index in [4.69, 9.17) is 9.47 Å². The molecule has 1 atom stereocenters. The highest BCUT2D eigenvalue weighted by atomic mass is 19.1. The van der Waals surface area contributed by atoms with Crippen molar-refractivity contribution in [3.63, 3.8) is 0 Å². The van der Waals surface area contributed by atoms with Crippen LogP contribution in [-0.2, 0) is 6.42 Å². The number of phenols is 1. The van der Waals surface area contributed by atoms with Crippen LogP contribution in [0.25, 0.3) is 0 Å². The molecule has 0 saturated heterocycles. The molecule has 1 aromatic carbocycles. The first-order valence-electron chi connectivity index (χ1n) is 5.57. The van der Waals surface area contributed by atoms with Gasteiger partial charge in [0.25, 0.3) is 0 Å². The lowest BCUT2D eigenvalue weighted by molar-refractivity contribution is 0.191. The minimum Gasteiger partial charge on any atom is -0.505 e. The topological polar surface area (TPSA) is 58.9 Å². The van der Waals surface area contributed by atoms with E-state index in [1.54, 1.807) is 6.92 Å². The summed E-state index contributed by atoms with van der Waals surface area (Å²) >= 11 is 0. The van der Waals surface area contributed by atoms with Crippen molar-refractivity contribution in [2.24, 2.45) is 0 Å². The van der Waals surface area contributed by atoms with Gasteiger partial charge in [-0.3, -0.25) is 0 Å². The summed E-state index contributed by atoms with van der Waals surface area (Å²) in [5.74, 6) is -0.615. The van der Waals surface area contributed by atoms with E-state index in [2.05, 4.69) is 0 Å². The van der Waals surface area contributed by atoms with Gasteiger partial charge in [-0.25, -0.2) is 4.39 Å². The smallest absolute Gasteiger partial charge is 0.169 e. The molecular weight excluding hydrogens is 227 g/mol. The Bertz CT molecular complexity index is 417. The molecule has 1 aliphatic heterocycles. The number of fused-ring (bicyclic) bond motifs is 1. The van der Waals surface area contributed by atoms with Gasteiger partial charge in [0.15, 0.2) is 23.1 Å². The van der Waals surface area contributed by atoms with Crippen LogP contribution in [0.3, 0.4) is 0 Å². The summed E-state index contributed by atoms with van der Waals surface area (Å²) in [6.07, 6.45) is 0.124. The van der Waals surface area contributed by atoms with Crippen LogP contribution < -0.4 is 9.47 Å². The molecule has 0 aliphatic carbocycles. The van der Waals surface area contributed by atoms with E-state index in [1.165, 1.54) is 0 Å². The van der Waals surface area contributed by atoms with Crippen molar-refractivity contribution in [1.29, 1.82) is 0 Å². The molecule has 2 rings (SSSR count). The van der Waals surface area contributed by atoms with Gasteiger partial charge in [-0.1, -0.05) is 0 Å². The van der Waals surface area contributed by atoms with Gasteiger partial charge in [-0.05, 0) is 6.92 Å². The van der Waals surface area contributed by atoms with E-state index in [0.29, 0.717) is 25.4 Å². The molecule has 94 valence electrons. The lowest BCUT2D eigenvalue weighted by Gasteiger charge is -2.15. The van der Waals surface area contributed by atoms with Gasteiger partial charge >= 0.3 is 0 Å². The number of aliphatic hydroxyl groups is 1. The third kappa shape index (κ3) is 2.44. The van der Waals surface area contributed by atoms with Crippen LogP contribution in [0.5, 0.6) is 17.2 Å². The Morgan fingerprint density at radius 1 is 1.41 bits per heavy atom. The molecule has 0 radical (unpaired) electrons. The van der Waals surface area contributed by atoms with Crippen molar-refractivity contribution < 1.29 is 24.1 Å². The largest absolute Gasteiger partial charge is 0.505 e. The standard InChI is InChI=1S/C12H15FO4/c1-7(14)5-8-11(15)9(13)6-10-12(8)17-4-2-3-16-10/h6-7,14-15H,2-5H2,1H3. The Morgan fingerprint density at radius 3 is 2.82 bits per heavy atom. The minimum atomic E-state index is -0.759. The second-order valence-electron chi connectivity index (χ2n) is 4.12.